The average molecular weight is 440 g/mol. The van der Waals surface area contributed by atoms with Gasteiger partial charge in [0, 0.05) is 50.5 Å². The molecular formula is C24H33N5O3. The van der Waals surface area contributed by atoms with Gasteiger partial charge in [0.25, 0.3) is 5.91 Å². The van der Waals surface area contributed by atoms with Crippen LogP contribution in [0, 0.1) is 0 Å². The normalized spacial score (nSPS) is 14.2. The Morgan fingerprint density at radius 1 is 0.906 bits per heavy atom. The highest BCUT2D eigenvalue weighted by atomic mass is 16.5. The van der Waals surface area contributed by atoms with E-state index in [1.54, 1.807) is 38.5 Å². The summed E-state index contributed by atoms with van der Waals surface area (Å²) in [5.74, 6) is 2.38. The Bertz CT molecular complexity index is 876. The molecular weight excluding hydrogens is 406 g/mol. The van der Waals surface area contributed by atoms with Crippen molar-refractivity contribution in [1.82, 2.24) is 15.5 Å². The number of aliphatic imine (C=N–C) groups is 1. The summed E-state index contributed by atoms with van der Waals surface area (Å²) in [5, 5.41) is 6.29. The number of amides is 1. The zero-order valence-corrected chi connectivity index (χ0v) is 19.1. The van der Waals surface area contributed by atoms with Crippen LogP contribution in [0.25, 0.3) is 0 Å². The van der Waals surface area contributed by atoms with Gasteiger partial charge in [-0.3, -0.25) is 9.79 Å². The number of rotatable bonds is 8. The van der Waals surface area contributed by atoms with Gasteiger partial charge in [0.05, 0.1) is 20.8 Å². The molecule has 2 aromatic rings. The van der Waals surface area contributed by atoms with Crippen molar-refractivity contribution in [2.45, 2.75) is 6.92 Å². The number of carbonyl (C=O) groups excluding carboxylic acids is 1. The zero-order chi connectivity index (χ0) is 22.8. The fourth-order valence-corrected chi connectivity index (χ4v) is 3.57. The molecule has 0 aromatic heterocycles. The molecule has 0 saturated carbocycles. The molecule has 8 heteroatoms. The number of hydrogen-bond donors (Lipinski definition) is 2. The summed E-state index contributed by atoms with van der Waals surface area (Å²) < 4.78 is 10.4. The van der Waals surface area contributed by atoms with Crippen LogP contribution in [0.4, 0.5) is 5.69 Å². The number of nitrogens with zero attached hydrogens (tertiary/aromatic N) is 3. The van der Waals surface area contributed by atoms with Crippen LogP contribution in [-0.4, -0.2) is 76.8 Å². The molecule has 1 aliphatic rings. The third kappa shape index (κ3) is 6.29. The molecule has 172 valence electrons. The predicted molar refractivity (Wildman–Crippen MR) is 128 cm³/mol. The van der Waals surface area contributed by atoms with Crippen molar-refractivity contribution >= 4 is 17.6 Å². The Morgan fingerprint density at radius 3 is 2.06 bits per heavy atom. The first kappa shape index (κ1) is 23.2. The molecule has 2 aromatic carbocycles. The number of benzene rings is 2. The van der Waals surface area contributed by atoms with Crippen LogP contribution in [0.3, 0.4) is 0 Å². The fraction of sp³-hybridized carbons (Fsp3) is 0.417. The molecule has 2 N–H and O–H groups in total. The smallest absolute Gasteiger partial charge is 0.251 e. The van der Waals surface area contributed by atoms with Crippen molar-refractivity contribution in [3.8, 4) is 11.5 Å². The molecule has 0 radical (unpaired) electrons. The number of nitrogens with one attached hydrogen (secondary N) is 2. The van der Waals surface area contributed by atoms with E-state index in [-0.39, 0.29) is 5.91 Å². The lowest BCUT2D eigenvalue weighted by Gasteiger charge is -2.37. The van der Waals surface area contributed by atoms with Gasteiger partial charge in [-0.2, -0.15) is 0 Å². The molecule has 1 saturated heterocycles. The number of piperazine rings is 1. The summed E-state index contributed by atoms with van der Waals surface area (Å²) in [6, 6.07) is 15.2. The Balaban J connectivity index is 1.48. The van der Waals surface area contributed by atoms with Gasteiger partial charge < -0.3 is 29.9 Å². The standard InChI is InChI=1S/C24H33N5O3/c1-4-25-24(27-14-13-26-23(30)19-5-9-21(31-2)10-6-19)29-17-15-28(16-18-29)20-7-11-22(32-3)12-8-20/h5-12H,4,13-18H2,1-3H3,(H,25,27)(H,26,30). The van der Waals surface area contributed by atoms with Crippen molar-refractivity contribution < 1.29 is 14.3 Å². The highest BCUT2D eigenvalue weighted by Crippen LogP contribution is 2.20. The molecule has 3 rings (SSSR count). The highest BCUT2D eigenvalue weighted by Gasteiger charge is 2.19. The average Bonchev–Trinajstić information content (AvgIpc) is 2.86. The molecule has 1 heterocycles. The van der Waals surface area contributed by atoms with E-state index in [1.165, 1.54) is 5.69 Å². The number of carbonyl (C=O) groups is 1. The van der Waals surface area contributed by atoms with E-state index < -0.39 is 0 Å². The summed E-state index contributed by atoms with van der Waals surface area (Å²) in [7, 11) is 3.29. The summed E-state index contributed by atoms with van der Waals surface area (Å²) >= 11 is 0. The molecule has 1 fully saturated rings. The SMILES string of the molecule is CCNC(=NCCNC(=O)c1ccc(OC)cc1)N1CCN(c2ccc(OC)cc2)CC1. The van der Waals surface area contributed by atoms with E-state index in [0.717, 1.165) is 50.2 Å². The van der Waals surface area contributed by atoms with Crippen LogP contribution in [0.1, 0.15) is 17.3 Å². The lowest BCUT2D eigenvalue weighted by atomic mass is 10.2. The second-order valence-electron chi connectivity index (χ2n) is 7.39. The van der Waals surface area contributed by atoms with Crippen LogP contribution < -0.4 is 25.0 Å². The summed E-state index contributed by atoms with van der Waals surface area (Å²) in [5.41, 5.74) is 1.81. The lowest BCUT2D eigenvalue weighted by Crippen LogP contribution is -2.52. The van der Waals surface area contributed by atoms with Gasteiger partial charge >= 0.3 is 0 Å². The molecule has 1 aliphatic heterocycles. The first-order valence-corrected chi connectivity index (χ1v) is 11.0. The van der Waals surface area contributed by atoms with Gasteiger partial charge in [-0.15, -0.1) is 0 Å². The number of guanidine groups is 1. The zero-order valence-electron chi connectivity index (χ0n) is 19.1. The van der Waals surface area contributed by atoms with E-state index in [4.69, 9.17) is 14.5 Å². The third-order valence-corrected chi connectivity index (χ3v) is 5.36. The number of ether oxygens (including phenoxy) is 2. The number of anilines is 1. The molecule has 1 amide bonds. The second-order valence-corrected chi connectivity index (χ2v) is 7.39. The highest BCUT2D eigenvalue weighted by molar-refractivity contribution is 5.94. The Labute approximate surface area is 190 Å². The number of hydrogen-bond acceptors (Lipinski definition) is 5. The molecule has 8 nitrogen and oxygen atoms in total. The number of methoxy groups -OCH3 is 2. The first-order chi connectivity index (χ1) is 15.6. The molecule has 32 heavy (non-hydrogen) atoms. The second kappa shape index (κ2) is 11.8. The van der Waals surface area contributed by atoms with Gasteiger partial charge in [-0.25, -0.2) is 0 Å². The van der Waals surface area contributed by atoms with Gasteiger partial charge in [0.1, 0.15) is 11.5 Å². The van der Waals surface area contributed by atoms with Crippen LogP contribution in [0.15, 0.2) is 53.5 Å². The van der Waals surface area contributed by atoms with Crippen LogP contribution >= 0.6 is 0 Å². The minimum absolute atomic E-state index is 0.110. The van der Waals surface area contributed by atoms with E-state index in [1.807, 2.05) is 12.1 Å². The largest absolute Gasteiger partial charge is 0.497 e. The van der Waals surface area contributed by atoms with Crippen LogP contribution in [-0.2, 0) is 0 Å². The lowest BCUT2D eigenvalue weighted by molar-refractivity contribution is 0.0954. The molecule has 0 spiro atoms. The Hall–Kier alpha value is -3.42. The maximum atomic E-state index is 12.3. The van der Waals surface area contributed by atoms with E-state index in [9.17, 15) is 4.79 Å². The van der Waals surface area contributed by atoms with Gasteiger partial charge in [-0.05, 0) is 55.5 Å². The quantitative estimate of drug-likeness (QED) is 0.373. The Morgan fingerprint density at radius 2 is 1.50 bits per heavy atom. The summed E-state index contributed by atoms with van der Waals surface area (Å²) in [6.45, 7) is 7.47. The van der Waals surface area contributed by atoms with E-state index in [2.05, 4.69) is 39.5 Å². The van der Waals surface area contributed by atoms with Gasteiger partial charge in [0.15, 0.2) is 5.96 Å². The van der Waals surface area contributed by atoms with Crippen LogP contribution in [0.5, 0.6) is 11.5 Å². The molecule has 0 aliphatic carbocycles. The van der Waals surface area contributed by atoms with Gasteiger partial charge in [0.2, 0.25) is 0 Å². The topological polar surface area (TPSA) is 78.4 Å². The summed E-state index contributed by atoms with van der Waals surface area (Å²) in [4.78, 5) is 21.6. The van der Waals surface area contributed by atoms with Crippen molar-refractivity contribution in [2.75, 3.05) is 64.9 Å². The van der Waals surface area contributed by atoms with Gasteiger partial charge in [-0.1, -0.05) is 0 Å². The first-order valence-electron chi connectivity index (χ1n) is 11.0. The predicted octanol–water partition coefficient (Wildman–Crippen LogP) is 2.22. The molecule has 0 bridgehead atoms. The molecule has 0 atom stereocenters. The van der Waals surface area contributed by atoms with E-state index in [0.29, 0.717) is 18.7 Å². The minimum atomic E-state index is -0.110. The summed E-state index contributed by atoms with van der Waals surface area (Å²) in [6.07, 6.45) is 0. The molecule has 0 unspecified atom stereocenters. The van der Waals surface area contributed by atoms with Crippen LogP contribution in [0.2, 0.25) is 0 Å². The van der Waals surface area contributed by atoms with Crippen molar-refractivity contribution in [2.24, 2.45) is 4.99 Å². The van der Waals surface area contributed by atoms with Crippen molar-refractivity contribution in [3.63, 3.8) is 0 Å². The van der Waals surface area contributed by atoms with Crippen molar-refractivity contribution in [1.29, 1.82) is 0 Å². The minimum Gasteiger partial charge on any atom is -0.497 e. The third-order valence-electron chi connectivity index (χ3n) is 5.36. The maximum Gasteiger partial charge on any atom is 0.251 e. The maximum absolute atomic E-state index is 12.3. The fourth-order valence-electron chi connectivity index (χ4n) is 3.57. The monoisotopic (exact) mass is 439 g/mol. The Kier molecular flexibility index (Phi) is 8.60. The van der Waals surface area contributed by atoms with Crippen molar-refractivity contribution in [3.05, 3.63) is 54.1 Å². The van der Waals surface area contributed by atoms with E-state index >= 15 is 0 Å².